The number of amides is 1. The second-order valence-corrected chi connectivity index (χ2v) is 5.13. The highest BCUT2D eigenvalue weighted by molar-refractivity contribution is 5.77. The van der Waals surface area contributed by atoms with Gasteiger partial charge in [0, 0.05) is 20.0 Å². The van der Waals surface area contributed by atoms with Crippen molar-refractivity contribution < 1.29 is 19.1 Å². The number of allylic oxidation sites excluding steroid dienone is 1. The Labute approximate surface area is 130 Å². The Balaban J connectivity index is 2.14. The summed E-state index contributed by atoms with van der Waals surface area (Å²) in [4.78, 5) is 24.0. The predicted molar refractivity (Wildman–Crippen MR) is 82.1 cm³/mol. The largest absolute Gasteiger partial charge is 0.461 e. The van der Waals surface area contributed by atoms with E-state index in [1.807, 2.05) is 42.5 Å². The third-order valence-corrected chi connectivity index (χ3v) is 3.53. The summed E-state index contributed by atoms with van der Waals surface area (Å²) in [6, 6.07) is 9.13. The zero-order valence-corrected chi connectivity index (χ0v) is 12.7. The number of carbonyl (C=O) groups excluding carboxylic acids is 2. The van der Waals surface area contributed by atoms with Crippen molar-refractivity contribution in [1.82, 2.24) is 5.32 Å². The highest BCUT2D eigenvalue weighted by Gasteiger charge is 2.22. The van der Waals surface area contributed by atoms with Crippen molar-refractivity contribution in [3.05, 3.63) is 48.0 Å². The van der Waals surface area contributed by atoms with Crippen LogP contribution in [0.1, 0.15) is 30.9 Å². The second kappa shape index (κ2) is 8.34. The molecule has 5 heteroatoms. The molecule has 1 aromatic carbocycles. The lowest BCUT2D eigenvalue weighted by molar-refractivity contribution is -0.156. The van der Waals surface area contributed by atoms with Crippen molar-refractivity contribution in [2.24, 2.45) is 0 Å². The van der Waals surface area contributed by atoms with Crippen molar-refractivity contribution in [3.8, 4) is 0 Å². The standard InChI is InChI=1S/C17H21NO4/c1-21-15-10-6-3-7-11-16(19)18-14(12-22-17(15)20)13-8-4-2-5-9-13/h2-6,8-9,14-15H,7,10-12H2,1H3,(H,18,19)/t14-,15+/m0/s1. The number of nitrogens with one attached hydrogen (secondary N) is 1. The summed E-state index contributed by atoms with van der Waals surface area (Å²) in [7, 11) is 1.49. The summed E-state index contributed by atoms with van der Waals surface area (Å²) in [6.45, 7) is 0.0954. The average Bonchev–Trinajstić information content (AvgIpc) is 2.54. The van der Waals surface area contributed by atoms with E-state index in [2.05, 4.69) is 5.32 Å². The molecule has 118 valence electrons. The number of cyclic esters (lactones) is 1. The highest BCUT2D eigenvalue weighted by atomic mass is 16.6. The maximum Gasteiger partial charge on any atom is 0.335 e. The molecule has 0 fully saturated rings. The third kappa shape index (κ3) is 4.70. The van der Waals surface area contributed by atoms with Crippen molar-refractivity contribution >= 4 is 11.9 Å². The van der Waals surface area contributed by atoms with Crippen molar-refractivity contribution in [1.29, 1.82) is 0 Å². The van der Waals surface area contributed by atoms with E-state index in [0.29, 0.717) is 19.3 Å². The second-order valence-electron chi connectivity index (χ2n) is 5.13. The summed E-state index contributed by atoms with van der Waals surface area (Å²) in [5.41, 5.74) is 0.908. The maximum atomic E-state index is 12.0. The number of esters is 1. The molecular weight excluding hydrogens is 282 g/mol. The Morgan fingerprint density at radius 2 is 1.95 bits per heavy atom. The lowest BCUT2D eigenvalue weighted by atomic mass is 10.1. The molecule has 0 aromatic heterocycles. The van der Waals surface area contributed by atoms with E-state index in [0.717, 1.165) is 5.56 Å². The number of hydrogen-bond donors (Lipinski definition) is 1. The van der Waals surface area contributed by atoms with Crippen LogP contribution in [-0.4, -0.2) is 31.7 Å². The number of carbonyl (C=O) groups is 2. The molecule has 0 bridgehead atoms. The minimum Gasteiger partial charge on any atom is -0.461 e. The van der Waals surface area contributed by atoms with Gasteiger partial charge in [0.1, 0.15) is 6.61 Å². The fourth-order valence-corrected chi connectivity index (χ4v) is 2.27. The Morgan fingerprint density at radius 1 is 1.18 bits per heavy atom. The lowest BCUT2D eigenvalue weighted by Crippen LogP contribution is -2.34. The Morgan fingerprint density at radius 3 is 2.68 bits per heavy atom. The maximum absolute atomic E-state index is 12.0. The van der Waals surface area contributed by atoms with E-state index in [9.17, 15) is 9.59 Å². The summed E-state index contributed by atoms with van der Waals surface area (Å²) >= 11 is 0. The van der Waals surface area contributed by atoms with Gasteiger partial charge in [-0.15, -0.1) is 0 Å². The minimum atomic E-state index is -0.609. The molecule has 2 rings (SSSR count). The Hall–Kier alpha value is -2.14. The molecule has 22 heavy (non-hydrogen) atoms. The zero-order chi connectivity index (χ0) is 15.8. The van der Waals surface area contributed by atoms with Gasteiger partial charge in [-0.1, -0.05) is 42.5 Å². The van der Waals surface area contributed by atoms with Gasteiger partial charge in [0.15, 0.2) is 6.10 Å². The van der Waals surface area contributed by atoms with E-state index in [-0.39, 0.29) is 18.6 Å². The molecule has 1 heterocycles. The predicted octanol–water partition coefficient (Wildman–Crippen LogP) is 2.14. The van der Waals surface area contributed by atoms with Crippen LogP contribution in [0.3, 0.4) is 0 Å². The molecule has 1 aromatic rings. The number of rotatable bonds is 2. The minimum absolute atomic E-state index is 0.0570. The summed E-state index contributed by atoms with van der Waals surface area (Å²) in [5, 5.41) is 2.91. The van der Waals surface area contributed by atoms with E-state index in [4.69, 9.17) is 9.47 Å². The van der Waals surface area contributed by atoms with Gasteiger partial charge in [-0.3, -0.25) is 4.79 Å². The topological polar surface area (TPSA) is 64.6 Å². The van der Waals surface area contributed by atoms with Crippen LogP contribution < -0.4 is 5.32 Å². The van der Waals surface area contributed by atoms with Gasteiger partial charge in [0.2, 0.25) is 5.91 Å². The normalized spacial score (nSPS) is 23.9. The number of benzene rings is 1. The van der Waals surface area contributed by atoms with Gasteiger partial charge in [0.05, 0.1) is 6.04 Å². The molecular formula is C17H21NO4. The van der Waals surface area contributed by atoms with Crippen LogP contribution in [0.15, 0.2) is 42.5 Å². The summed E-state index contributed by atoms with van der Waals surface area (Å²) in [6.07, 6.45) is 4.62. The quantitative estimate of drug-likeness (QED) is 0.671. The lowest BCUT2D eigenvalue weighted by Gasteiger charge is -2.21. The van der Waals surface area contributed by atoms with Crippen molar-refractivity contribution in [3.63, 3.8) is 0 Å². The molecule has 5 nitrogen and oxygen atoms in total. The van der Waals surface area contributed by atoms with Gasteiger partial charge in [-0.05, 0) is 12.0 Å². The SMILES string of the molecule is CO[C@@H]1CC=CCCC(=O)N[C@H](c2ccccc2)COC1=O. The van der Waals surface area contributed by atoms with E-state index >= 15 is 0 Å². The summed E-state index contributed by atoms with van der Waals surface area (Å²) in [5.74, 6) is -0.471. The van der Waals surface area contributed by atoms with Gasteiger partial charge in [-0.2, -0.15) is 0 Å². The first-order valence-electron chi connectivity index (χ1n) is 7.39. The molecule has 0 aliphatic carbocycles. The first-order valence-corrected chi connectivity index (χ1v) is 7.39. The number of hydrogen-bond acceptors (Lipinski definition) is 4. The van der Waals surface area contributed by atoms with Crippen LogP contribution in [0.4, 0.5) is 0 Å². The molecule has 1 aliphatic heterocycles. The van der Waals surface area contributed by atoms with Gasteiger partial charge >= 0.3 is 5.97 Å². The fraction of sp³-hybridized carbons (Fsp3) is 0.412. The van der Waals surface area contributed by atoms with Crippen LogP contribution >= 0.6 is 0 Å². The molecule has 1 N–H and O–H groups in total. The molecule has 0 spiro atoms. The smallest absolute Gasteiger partial charge is 0.335 e. The molecule has 0 unspecified atom stereocenters. The molecule has 2 atom stereocenters. The molecule has 0 saturated heterocycles. The van der Waals surface area contributed by atoms with Gasteiger partial charge in [0.25, 0.3) is 0 Å². The molecule has 1 amide bonds. The van der Waals surface area contributed by atoms with Crippen LogP contribution in [-0.2, 0) is 19.1 Å². The van der Waals surface area contributed by atoms with Crippen LogP contribution in [0.5, 0.6) is 0 Å². The van der Waals surface area contributed by atoms with Crippen LogP contribution in [0, 0.1) is 0 Å². The van der Waals surface area contributed by atoms with Crippen LogP contribution in [0.25, 0.3) is 0 Å². The van der Waals surface area contributed by atoms with Crippen molar-refractivity contribution in [2.45, 2.75) is 31.4 Å². The van der Waals surface area contributed by atoms with E-state index in [1.54, 1.807) is 0 Å². The fourth-order valence-electron chi connectivity index (χ4n) is 2.27. The Bertz CT molecular complexity index is 527. The monoisotopic (exact) mass is 303 g/mol. The highest BCUT2D eigenvalue weighted by Crippen LogP contribution is 2.15. The van der Waals surface area contributed by atoms with Crippen LogP contribution in [0.2, 0.25) is 0 Å². The average molecular weight is 303 g/mol. The molecule has 1 aliphatic rings. The zero-order valence-electron chi connectivity index (χ0n) is 12.7. The third-order valence-electron chi connectivity index (χ3n) is 3.53. The van der Waals surface area contributed by atoms with Gasteiger partial charge < -0.3 is 14.8 Å². The number of methoxy groups -OCH3 is 1. The first kappa shape index (κ1) is 16.2. The van der Waals surface area contributed by atoms with Crippen molar-refractivity contribution in [2.75, 3.05) is 13.7 Å². The Kier molecular flexibility index (Phi) is 6.15. The molecule has 0 saturated carbocycles. The summed E-state index contributed by atoms with van der Waals surface area (Å²) < 4.78 is 10.5. The van der Waals surface area contributed by atoms with E-state index < -0.39 is 12.1 Å². The van der Waals surface area contributed by atoms with E-state index in [1.165, 1.54) is 7.11 Å². The molecule has 0 radical (unpaired) electrons. The van der Waals surface area contributed by atoms with Gasteiger partial charge in [-0.25, -0.2) is 4.79 Å². The first-order chi connectivity index (χ1) is 10.7. The number of ether oxygens (including phenoxy) is 2.